The van der Waals surface area contributed by atoms with Crippen LogP contribution >= 0.6 is 0 Å². The highest BCUT2D eigenvalue weighted by molar-refractivity contribution is 6.01. The fourth-order valence-corrected chi connectivity index (χ4v) is 3.25. The number of ether oxygens (including phenoxy) is 2. The molecule has 138 valence electrons. The lowest BCUT2D eigenvalue weighted by Crippen LogP contribution is -2.45. The number of carbonyl (C=O) groups is 1. The number of nitrogens with one attached hydrogen (secondary N) is 1. The summed E-state index contributed by atoms with van der Waals surface area (Å²) in [6.45, 7) is 1.12. The second-order valence-electron chi connectivity index (χ2n) is 6.50. The number of amides is 1. The molecule has 1 amide bonds. The topological polar surface area (TPSA) is 76.6 Å². The number of hydrogen-bond donors (Lipinski definition) is 1. The third kappa shape index (κ3) is 3.48. The zero-order valence-electron chi connectivity index (χ0n) is 15.4. The Morgan fingerprint density at radius 3 is 2.54 bits per heavy atom. The van der Waals surface area contributed by atoms with Crippen LogP contribution in [0.1, 0.15) is 18.4 Å². The molecule has 0 spiro atoms. The molecule has 2 aromatic rings. The molecule has 7 nitrogen and oxygen atoms in total. The number of rotatable bonds is 5. The van der Waals surface area contributed by atoms with Crippen molar-refractivity contribution in [2.24, 2.45) is 0 Å². The maximum atomic E-state index is 13.3. The fourth-order valence-electron chi connectivity index (χ4n) is 3.25. The van der Waals surface area contributed by atoms with Gasteiger partial charge in [0.25, 0.3) is 0 Å². The maximum absolute atomic E-state index is 13.3. The Morgan fingerprint density at radius 2 is 1.92 bits per heavy atom. The Morgan fingerprint density at radius 1 is 1.23 bits per heavy atom. The van der Waals surface area contributed by atoms with E-state index in [4.69, 9.17) is 9.47 Å². The largest absolute Gasteiger partial charge is 0.467 e. The van der Waals surface area contributed by atoms with Crippen LogP contribution in [0, 0.1) is 0 Å². The molecule has 1 aromatic carbocycles. The van der Waals surface area contributed by atoms with Gasteiger partial charge in [0.15, 0.2) is 5.82 Å². The van der Waals surface area contributed by atoms with Crippen LogP contribution in [0.5, 0.6) is 6.01 Å². The van der Waals surface area contributed by atoms with E-state index in [-0.39, 0.29) is 11.9 Å². The number of methoxy groups -OCH3 is 1. The summed E-state index contributed by atoms with van der Waals surface area (Å²) in [7, 11) is 5.23. The predicted octanol–water partition coefficient (Wildman–Crippen LogP) is 2.24. The van der Waals surface area contributed by atoms with Crippen molar-refractivity contribution < 1.29 is 14.3 Å². The van der Waals surface area contributed by atoms with Gasteiger partial charge in [-0.15, -0.1) is 0 Å². The molecule has 1 saturated heterocycles. The monoisotopic (exact) mass is 356 g/mol. The predicted molar refractivity (Wildman–Crippen MR) is 99.7 cm³/mol. The first kappa shape index (κ1) is 18.1. The van der Waals surface area contributed by atoms with Crippen molar-refractivity contribution in [3.05, 3.63) is 42.1 Å². The van der Waals surface area contributed by atoms with Crippen molar-refractivity contribution >= 4 is 17.4 Å². The number of aromatic nitrogens is 2. The van der Waals surface area contributed by atoms with Crippen molar-refractivity contribution in [2.45, 2.75) is 18.3 Å². The second kappa shape index (κ2) is 7.70. The smallest absolute Gasteiger partial charge is 0.318 e. The molecule has 0 atom stereocenters. The average molecular weight is 356 g/mol. The summed E-state index contributed by atoms with van der Waals surface area (Å²) in [5.41, 5.74) is 0.937. The molecule has 0 bridgehead atoms. The minimum Gasteiger partial charge on any atom is -0.467 e. The summed E-state index contributed by atoms with van der Waals surface area (Å²) in [5.74, 6) is 0.532. The summed E-state index contributed by atoms with van der Waals surface area (Å²) in [6, 6.07) is 10.1. The van der Waals surface area contributed by atoms with E-state index < -0.39 is 5.41 Å². The number of anilines is 2. The number of carbonyl (C=O) groups excluding carboxylic acids is 1. The van der Waals surface area contributed by atoms with Crippen LogP contribution in [-0.4, -0.2) is 50.3 Å². The van der Waals surface area contributed by atoms with Gasteiger partial charge in [-0.3, -0.25) is 4.79 Å². The molecule has 1 aromatic heterocycles. The normalized spacial score (nSPS) is 16.0. The molecule has 1 fully saturated rings. The van der Waals surface area contributed by atoms with Crippen molar-refractivity contribution in [3.63, 3.8) is 0 Å². The SMILES string of the molecule is COc1ncc(NC(=O)C2(c3ccccc3)CCOCC2)c(N(C)C)n1. The van der Waals surface area contributed by atoms with Gasteiger partial charge in [-0.1, -0.05) is 30.3 Å². The highest BCUT2D eigenvalue weighted by atomic mass is 16.5. The van der Waals surface area contributed by atoms with Crippen LogP contribution < -0.4 is 15.0 Å². The maximum Gasteiger partial charge on any atom is 0.318 e. The van der Waals surface area contributed by atoms with E-state index >= 15 is 0 Å². The molecule has 3 rings (SSSR count). The quantitative estimate of drug-likeness (QED) is 0.885. The van der Waals surface area contributed by atoms with Crippen molar-refractivity contribution in [2.75, 3.05) is 44.6 Å². The molecule has 0 saturated carbocycles. The van der Waals surface area contributed by atoms with Gasteiger partial charge in [-0.2, -0.15) is 4.98 Å². The van der Waals surface area contributed by atoms with Gasteiger partial charge in [0.2, 0.25) is 5.91 Å². The molecule has 2 heterocycles. The lowest BCUT2D eigenvalue weighted by molar-refractivity contribution is -0.125. The molecular weight excluding hydrogens is 332 g/mol. The van der Waals surface area contributed by atoms with E-state index in [1.165, 1.54) is 7.11 Å². The number of benzene rings is 1. The van der Waals surface area contributed by atoms with E-state index in [0.29, 0.717) is 37.6 Å². The first-order chi connectivity index (χ1) is 12.6. The highest BCUT2D eigenvalue weighted by Gasteiger charge is 2.42. The van der Waals surface area contributed by atoms with Crippen molar-refractivity contribution in [1.29, 1.82) is 0 Å². The van der Waals surface area contributed by atoms with E-state index in [1.807, 2.05) is 49.3 Å². The molecule has 0 radical (unpaired) electrons. The Hall–Kier alpha value is -2.67. The van der Waals surface area contributed by atoms with Crippen LogP contribution in [0.2, 0.25) is 0 Å². The van der Waals surface area contributed by atoms with E-state index in [0.717, 1.165) is 5.56 Å². The van der Waals surface area contributed by atoms with Crippen molar-refractivity contribution in [1.82, 2.24) is 9.97 Å². The van der Waals surface area contributed by atoms with Crippen molar-refractivity contribution in [3.8, 4) is 6.01 Å². The van der Waals surface area contributed by atoms with Crippen LogP contribution in [0.15, 0.2) is 36.5 Å². The first-order valence-electron chi connectivity index (χ1n) is 8.60. The van der Waals surface area contributed by atoms with E-state index in [1.54, 1.807) is 6.20 Å². The molecular formula is C19H24N4O3. The molecule has 1 aliphatic rings. The summed E-state index contributed by atoms with van der Waals surface area (Å²) in [5, 5.41) is 3.04. The van der Waals surface area contributed by atoms with Gasteiger partial charge in [-0.05, 0) is 18.4 Å². The van der Waals surface area contributed by atoms with Crippen LogP contribution in [0.4, 0.5) is 11.5 Å². The van der Waals surface area contributed by atoms with Gasteiger partial charge in [-0.25, -0.2) is 4.98 Å². The molecule has 1 N–H and O–H groups in total. The van der Waals surface area contributed by atoms with E-state index in [2.05, 4.69) is 15.3 Å². The van der Waals surface area contributed by atoms with E-state index in [9.17, 15) is 4.79 Å². The minimum absolute atomic E-state index is 0.0659. The molecule has 7 heteroatoms. The van der Waals surface area contributed by atoms with Crippen LogP contribution in [0.25, 0.3) is 0 Å². The molecule has 0 unspecified atom stereocenters. The summed E-state index contributed by atoms with van der Waals surface area (Å²) < 4.78 is 10.6. The number of hydrogen-bond acceptors (Lipinski definition) is 6. The first-order valence-corrected chi connectivity index (χ1v) is 8.60. The summed E-state index contributed by atoms with van der Waals surface area (Å²) in [4.78, 5) is 23.6. The zero-order valence-corrected chi connectivity index (χ0v) is 15.4. The third-order valence-corrected chi connectivity index (χ3v) is 4.71. The molecule has 26 heavy (non-hydrogen) atoms. The number of nitrogens with zero attached hydrogens (tertiary/aromatic N) is 3. The highest BCUT2D eigenvalue weighted by Crippen LogP contribution is 2.37. The van der Waals surface area contributed by atoms with Gasteiger partial charge >= 0.3 is 6.01 Å². The Bertz CT molecular complexity index is 759. The third-order valence-electron chi connectivity index (χ3n) is 4.71. The Kier molecular flexibility index (Phi) is 5.37. The Labute approximate surface area is 153 Å². The lowest BCUT2D eigenvalue weighted by Gasteiger charge is -2.36. The average Bonchev–Trinajstić information content (AvgIpc) is 2.69. The van der Waals surface area contributed by atoms with Crippen LogP contribution in [0.3, 0.4) is 0 Å². The van der Waals surface area contributed by atoms with Crippen LogP contribution in [-0.2, 0) is 14.9 Å². The zero-order chi connectivity index (χ0) is 18.6. The standard InChI is InChI=1S/C19H24N4O3/c1-23(2)16-15(13-20-18(22-16)25-3)21-17(24)19(9-11-26-12-10-19)14-7-5-4-6-8-14/h4-8,13H,9-12H2,1-3H3,(H,21,24). The molecule has 0 aliphatic carbocycles. The molecule has 1 aliphatic heterocycles. The van der Waals surface area contributed by atoms with Gasteiger partial charge in [0.05, 0.1) is 18.7 Å². The second-order valence-corrected chi connectivity index (χ2v) is 6.50. The summed E-state index contributed by atoms with van der Waals surface area (Å²) in [6.07, 6.45) is 2.85. The lowest BCUT2D eigenvalue weighted by atomic mass is 9.73. The Balaban J connectivity index is 1.94. The fraction of sp³-hybridized carbons (Fsp3) is 0.421. The summed E-state index contributed by atoms with van der Waals surface area (Å²) >= 11 is 0. The van der Waals surface area contributed by atoms with Gasteiger partial charge in [0, 0.05) is 27.3 Å². The minimum atomic E-state index is -0.622. The van der Waals surface area contributed by atoms with Gasteiger partial charge in [0.1, 0.15) is 5.69 Å². The van der Waals surface area contributed by atoms with Gasteiger partial charge < -0.3 is 19.7 Å².